The van der Waals surface area contributed by atoms with Crippen molar-refractivity contribution in [3.05, 3.63) is 49.1 Å². The molecular formula is C21H20F3N7O. The molecule has 0 saturated carbocycles. The first-order valence-electron chi connectivity index (χ1n) is 10.00. The number of halogens is 3. The van der Waals surface area contributed by atoms with Crippen LogP contribution < -0.4 is 15.4 Å². The largest absolute Gasteiger partial charge is 0.496 e. The molecule has 1 fully saturated rings. The molecule has 4 aromatic rings. The molecule has 0 unspecified atom stereocenters. The minimum atomic E-state index is -2.74. The fourth-order valence-electron chi connectivity index (χ4n) is 3.80. The van der Waals surface area contributed by atoms with E-state index in [4.69, 9.17) is 4.74 Å². The smallest absolute Gasteiger partial charge is 0.333 e. The lowest BCUT2D eigenvalue weighted by atomic mass is 10.1. The molecule has 0 amide bonds. The van der Waals surface area contributed by atoms with Crippen molar-refractivity contribution in [2.24, 2.45) is 0 Å². The van der Waals surface area contributed by atoms with E-state index in [2.05, 4.69) is 25.7 Å². The highest BCUT2D eigenvalue weighted by atomic mass is 19.3. The Bertz CT molecular complexity index is 1260. The summed E-state index contributed by atoms with van der Waals surface area (Å²) in [5.74, 6) is 1.04. The Morgan fingerprint density at radius 1 is 1.22 bits per heavy atom. The van der Waals surface area contributed by atoms with E-state index in [0.717, 1.165) is 0 Å². The number of nitrogens with one attached hydrogen (secondary N) is 2. The summed E-state index contributed by atoms with van der Waals surface area (Å²) in [4.78, 5) is 9.05. The maximum Gasteiger partial charge on any atom is 0.333 e. The van der Waals surface area contributed by atoms with E-state index in [1.807, 2.05) is 12.1 Å². The third-order valence-corrected chi connectivity index (χ3v) is 5.43. The summed E-state index contributed by atoms with van der Waals surface area (Å²) in [7, 11) is 1.50. The molecule has 11 heteroatoms. The van der Waals surface area contributed by atoms with Crippen molar-refractivity contribution in [3.8, 4) is 28.3 Å². The van der Waals surface area contributed by atoms with Crippen molar-refractivity contribution in [2.75, 3.05) is 25.5 Å². The molecule has 0 radical (unpaired) electrons. The lowest BCUT2D eigenvalue weighted by Gasteiger charge is -2.15. The zero-order valence-electron chi connectivity index (χ0n) is 17.0. The number of nitrogens with zero attached hydrogens (tertiary/aromatic N) is 5. The lowest BCUT2D eigenvalue weighted by molar-refractivity contribution is 0.0566. The number of pyridine rings is 2. The molecule has 0 spiro atoms. The molecule has 0 aliphatic carbocycles. The van der Waals surface area contributed by atoms with Crippen molar-refractivity contribution in [3.63, 3.8) is 0 Å². The fraction of sp³-hybridized carbons (Fsp3) is 0.286. The standard InChI is InChI=1S/C21H20F3N7O/c1-32-18-5-20-26-9-17(30(20)11-13(18)12-6-27-31(10-12)21(23)24)15-3-2-4-19(28-15)29-16-8-25-7-14(16)22/h2-6,9-11,14,16,21,25H,7-8H2,1H3,(H,28,29)/t14-,16-/m0/s1. The number of ether oxygens (including phenoxy) is 1. The number of hydrogen-bond acceptors (Lipinski definition) is 6. The van der Waals surface area contributed by atoms with Crippen LogP contribution in [-0.2, 0) is 0 Å². The highest BCUT2D eigenvalue weighted by molar-refractivity contribution is 5.73. The average molecular weight is 443 g/mol. The predicted octanol–water partition coefficient (Wildman–Crippen LogP) is 3.39. The normalized spacial score (nSPS) is 18.5. The summed E-state index contributed by atoms with van der Waals surface area (Å²) >= 11 is 0. The van der Waals surface area contributed by atoms with Crippen molar-refractivity contribution in [1.82, 2.24) is 29.5 Å². The molecule has 8 nitrogen and oxygen atoms in total. The van der Waals surface area contributed by atoms with Gasteiger partial charge in [0.1, 0.15) is 23.4 Å². The van der Waals surface area contributed by atoms with Crippen LogP contribution >= 0.6 is 0 Å². The van der Waals surface area contributed by atoms with Crippen LogP contribution in [0.25, 0.3) is 28.2 Å². The van der Waals surface area contributed by atoms with Gasteiger partial charge in [-0.2, -0.15) is 13.9 Å². The number of methoxy groups -OCH3 is 1. The predicted molar refractivity (Wildman–Crippen MR) is 113 cm³/mol. The summed E-state index contributed by atoms with van der Waals surface area (Å²) in [5, 5.41) is 9.85. The Hall–Kier alpha value is -3.60. The number of alkyl halides is 3. The Morgan fingerprint density at radius 3 is 2.81 bits per heavy atom. The monoisotopic (exact) mass is 443 g/mol. The summed E-state index contributed by atoms with van der Waals surface area (Å²) in [5.41, 5.74) is 2.98. The first-order chi connectivity index (χ1) is 15.5. The molecule has 5 rings (SSSR count). The number of imidazole rings is 1. The van der Waals surface area contributed by atoms with Gasteiger partial charge in [0.15, 0.2) is 0 Å². The molecule has 5 heterocycles. The minimum Gasteiger partial charge on any atom is -0.496 e. The maximum atomic E-state index is 14.0. The number of rotatable bonds is 6. The van der Waals surface area contributed by atoms with Gasteiger partial charge in [0, 0.05) is 42.7 Å². The van der Waals surface area contributed by atoms with E-state index in [1.54, 1.807) is 28.9 Å². The van der Waals surface area contributed by atoms with Crippen molar-refractivity contribution >= 4 is 11.5 Å². The first-order valence-corrected chi connectivity index (χ1v) is 10.00. The van der Waals surface area contributed by atoms with Gasteiger partial charge in [-0.05, 0) is 12.1 Å². The van der Waals surface area contributed by atoms with E-state index >= 15 is 0 Å². The highest BCUT2D eigenvalue weighted by Gasteiger charge is 2.26. The van der Waals surface area contributed by atoms with Crippen LogP contribution in [0.4, 0.5) is 19.0 Å². The van der Waals surface area contributed by atoms with Gasteiger partial charge in [-0.25, -0.2) is 19.0 Å². The Balaban J connectivity index is 1.54. The van der Waals surface area contributed by atoms with Crippen LogP contribution in [0.5, 0.6) is 5.75 Å². The summed E-state index contributed by atoms with van der Waals surface area (Å²) in [6, 6.07) is 6.81. The lowest BCUT2D eigenvalue weighted by Crippen LogP contribution is -2.29. The number of anilines is 1. The van der Waals surface area contributed by atoms with Gasteiger partial charge in [-0.15, -0.1) is 0 Å². The molecule has 166 valence electrons. The quantitative estimate of drug-likeness (QED) is 0.476. The van der Waals surface area contributed by atoms with E-state index in [9.17, 15) is 13.2 Å². The SMILES string of the molecule is COc1cc2ncc(-c3cccc(N[C@H]4CNC[C@@H]4F)n3)n2cc1-c1cnn(C(F)F)c1. The van der Waals surface area contributed by atoms with Gasteiger partial charge in [-0.3, -0.25) is 4.40 Å². The van der Waals surface area contributed by atoms with E-state index < -0.39 is 12.7 Å². The molecule has 32 heavy (non-hydrogen) atoms. The third-order valence-electron chi connectivity index (χ3n) is 5.43. The van der Waals surface area contributed by atoms with E-state index in [-0.39, 0.29) is 6.04 Å². The van der Waals surface area contributed by atoms with Gasteiger partial charge < -0.3 is 15.4 Å². The second-order valence-corrected chi connectivity index (χ2v) is 7.45. The molecule has 2 atom stereocenters. The fourth-order valence-corrected chi connectivity index (χ4v) is 3.80. The van der Waals surface area contributed by atoms with Crippen LogP contribution in [0.1, 0.15) is 6.55 Å². The van der Waals surface area contributed by atoms with Gasteiger partial charge in [-0.1, -0.05) is 6.07 Å². The first kappa shape index (κ1) is 20.3. The summed E-state index contributed by atoms with van der Waals surface area (Å²) in [6.45, 7) is -1.89. The zero-order valence-corrected chi connectivity index (χ0v) is 17.0. The molecule has 1 aliphatic rings. The van der Waals surface area contributed by atoms with Gasteiger partial charge in [0.05, 0.1) is 36.9 Å². The van der Waals surface area contributed by atoms with Crippen LogP contribution in [0.15, 0.2) is 49.1 Å². The van der Waals surface area contributed by atoms with Crippen LogP contribution in [0.3, 0.4) is 0 Å². The summed E-state index contributed by atoms with van der Waals surface area (Å²) in [6.07, 6.45) is 5.06. The molecule has 0 aromatic carbocycles. The maximum absolute atomic E-state index is 14.0. The number of hydrogen-bond donors (Lipinski definition) is 2. The van der Waals surface area contributed by atoms with Crippen molar-refractivity contribution in [1.29, 1.82) is 0 Å². The topological polar surface area (TPSA) is 81.3 Å². The highest BCUT2D eigenvalue weighted by Crippen LogP contribution is 2.33. The second kappa shape index (κ2) is 8.15. The Morgan fingerprint density at radius 2 is 2.09 bits per heavy atom. The molecule has 1 aliphatic heterocycles. The van der Waals surface area contributed by atoms with Crippen LogP contribution in [-0.4, -0.2) is 56.6 Å². The molecule has 2 N–H and O–H groups in total. The number of fused-ring (bicyclic) bond motifs is 1. The van der Waals surface area contributed by atoms with E-state index in [1.165, 1.54) is 19.5 Å². The minimum absolute atomic E-state index is 0.317. The zero-order chi connectivity index (χ0) is 22.2. The van der Waals surface area contributed by atoms with Gasteiger partial charge in [0.2, 0.25) is 0 Å². The van der Waals surface area contributed by atoms with Crippen molar-refractivity contribution in [2.45, 2.75) is 18.8 Å². The molecular weight excluding hydrogens is 423 g/mol. The average Bonchev–Trinajstić information content (AvgIpc) is 3.53. The second-order valence-electron chi connectivity index (χ2n) is 7.45. The molecule has 1 saturated heterocycles. The molecule has 4 aromatic heterocycles. The summed E-state index contributed by atoms with van der Waals surface area (Å²) < 4.78 is 47.8. The third kappa shape index (κ3) is 3.64. The van der Waals surface area contributed by atoms with Crippen LogP contribution in [0.2, 0.25) is 0 Å². The van der Waals surface area contributed by atoms with Crippen LogP contribution in [0, 0.1) is 0 Å². The van der Waals surface area contributed by atoms with E-state index in [0.29, 0.717) is 57.5 Å². The Labute approximate surface area is 181 Å². The molecule has 0 bridgehead atoms. The number of aromatic nitrogens is 5. The Kier molecular flexibility index (Phi) is 5.17. The van der Waals surface area contributed by atoms with Gasteiger partial charge in [0.25, 0.3) is 0 Å². The van der Waals surface area contributed by atoms with Crippen molar-refractivity contribution < 1.29 is 17.9 Å². The van der Waals surface area contributed by atoms with Gasteiger partial charge >= 0.3 is 6.55 Å².